The Labute approximate surface area is 63.6 Å². The summed E-state index contributed by atoms with van der Waals surface area (Å²) in [4.78, 5) is 19.8. The Morgan fingerprint density at radius 3 is 1.56 bits per heavy atom. The number of carboxylic acid groups (broad SMARTS) is 2. The normalized spacial score (nSPS) is 10.9. The molecule has 0 radical (unpaired) electrons. The number of halogens is 2. The maximum absolute atomic E-state index is 9.90. The van der Waals surface area contributed by atoms with Crippen LogP contribution >= 0.6 is 27.5 Å². The Morgan fingerprint density at radius 2 is 1.56 bits per heavy atom. The lowest BCUT2D eigenvalue weighted by Crippen LogP contribution is -2.34. The SMILES string of the molecule is O=C(O)C(Cl)(Br)C(=O)O. The second kappa shape index (κ2) is 2.53. The van der Waals surface area contributed by atoms with Crippen LogP contribution in [0.1, 0.15) is 0 Å². The zero-order chi connectivity index (χ0) is 7.65. The molecule has 0 bridgehead atoms. The van der Waals surface area contributed by atoms with Gasteiger partial charge in [0.05, 0.1) is 0 Å². The molecule has 6 heteroatoms. The molecular formula is C3H2BrClO4. The van der Waals surface area contributed by atoms with Gasteiger partial charge in [-0.15, -0.1) is 0 Å². The third-order valence-corrected chi connectivity index (χ3v) is 1.54. The molecule has 0 aliphatic carbocycles. The van der Waals surface area contributed by atoms with E-state index in [1.165, 1.54) is 0 Å². The third-order valence-electron chi connectivity index (χ3n) is 0.537. The van der Waals surface area contributed by atoms with Gasteiger partial charge in [-0.1, -0.05) is 11.6 Å². The van der Waals surface area contributed by atoms with Crippen molar-refractivity contribution in [2.24, 2.45) is 0 Å². The molecule has 0 unspecified atom stereocenters. The lowest BCUT2D eigenvalue weighted by atomic mass is 10.4. The highest BCUT2D eigenvalue weighted by Gasteiger charge is 2.41. The van der Waals surface area contributed by atoms with E-state index < -0.39 is 15.7 Å². The van der Waals surface area contributed by atoms with Crippen molar-refractivity contribution in [1.29, 1.82) is 0 Å². The van der Waals surface area contributed by atoms with Crippen molar-refractivity contribution in [2.45, 2.75) is 3.78 Å². The Morgan fingerprint density at radius 1 is 1.33 bits per heavy atom. The summed E-state index contributed by atoms with van der Waals surface area (Å²) in [6.07, 6.45) is 0. The number of rotatable bonds is 2. The molecule has 0 heterocycles. The second-order valence-electron chi connectivity index (χ2n) is 1.18. The standard InChI is InChI=1S/C3H2BrClO4/c4-3(5,1(6)7)2(8)9/h(H,6,7)(H,8,9). The van der Waals surface area contributed by atoms with E-state index in [9.17, 15) is 9.59 Å². The summed E-state index contributed by atoms with van der Waals surface area (Å²) < 4.78 is -2.38. The van der Waals surface area contributed by atoms with Crippen LogP contribution in [0.5, 0.6) is 0 Å². The minimum atomic E-state index is -2.38. The number of carboxylic acids is 2. The van der Waals surface area contributed by atoms with Crippen LogP contribution in [0.3, 0.4) is 0 Å². The van der Waals surface area contributed by atoms with Crippen LogP contribution in [-0.4, -0.2) is 25.9 Å². The van der Waals surface area contributed by atoms with Crippen LogP contribution in [0.4, 0.5) is 0 Å². The zero-order valence-corrected chi connectivity index (χ0v) is 6.31. The van der Waals surface area contributed by atoms with E-state index in [0.717, 1.165) is 0 Å². The quantitative estimate of drug-likeness (QED) is 0.521. The van der Waals surface area contributed by atoms with Gasteiger partial charge < -0.3 is 10.2 Å². The van der Waals surface area contributed by atoms with Crippen molar-refractivity contribution in [3.63, 3.8) is 0 Å². The van der Waals surface area contributed by atoms with Gasteiger partial charge in [-0.2, -0.15) is 0 Å². The highest BCUT2D eigenvalue weighted by molar-refractivity contribution is 9.11. The Bertz CT molecular complexity index is 138. The van der Waals surface area contributed by atoms with Crippen LogP contribution < -0.4 is 0 Å². The van der Waals surface area contributed by atoms with Gasteiger partial charge in [-0.05, 0) is 15.9 Å². The van der Waals surface area contributed by atoms with E-state index in [2.05, 4.69) is 15.9 Å². The highest BCUT2D eigenvalue weighted by Crippen LogP contribution is 2.23. The molecule has 0 aromatic rings. The third kappa shape index (κ3) is 1.83. The number of hydrogen-bond donors (Lipinski definition) is 2. The molecule has 4 nitrogen and oxygen atoms in total. The molecule has 0 fully saturated rings. The molecule has 0 spiro atoms. The summed E-state index contributed by atoms with van der Waals surface area (Å²) in [5.41, 5.74) is 0. The first-order valence-corrected chi connectivity index (χ1v) is 2.90. The number of alkyl halides is 2. The topological polar surface area (TPSA) is 74.6 Å². The highest BCUT2D eigenvalue weighted by atomic mass is 79.9. The fourth-order valence-corrected chi connectivity index (χ4v) is 0.0915. The molecule has 0 aromatic carbocycles. The van der Waals surface area contributed by atoms with Gasteiger partial charge in [0.25, 0.3) is 3.78 Å². The Hall–Kier alpha value is -0.290. The summed E-state index contributed by atoms with van der Waals surface area (Å²) in [6.45, 7) is 0. The minimum Gasteiger partial charge on any atom is -0.479 e. The summed E-state index contributed by atoms with van der Waals surface area (Å²) in [5, 5.41) is 16.1. The molecule has 0 aliphatic heterocycles. The fourth-order valence-electron chi connectivity index (χ4n) is 0.0915. The monoisotopic (exact) mass is 216 g/mol. The van der Waals surface area contributed by atoms with Crippen molar-refractivity contribution in [3.8, 4) is 0 Å². The molecule has 0 saturated heterocycles. The average molecular weight is 217 g/mol. The fraction of sp³-hybridized carbons (Fsp3) is 0.333. The Balaban J connectivity index is 4.38. The molecule has 0 atom stereocenters. The van der Waals surface area contributed by atoms with E-state index in [0.29, 0.717) is 0 Å². The Kier molecular flexibility index (Phi) is 2.45. The predicted octanol–water partition coefficient (Wildman–Crippen LogP) is 0.486. The summed E-state index contributed by atoms with van der Waals surface area (Å²) >= 11 is 7.20. The van der Waals surface area contributed by atoms with Crippen LogP contribution in [0.15, 0.2) is 0 Å². The molecule has 2 N–H and O–H groups in total. The lowest BCUT2D eigenvalue weighted by Gasteiger charge is -2.05. The van der Waals surface area contributed by atoms with E-state index in [-0.39, 0.29) is 0 Å². The number of carbonyl (C=O) groups is 2. The van der Waals surface area contributed by atoms with E-state index >= 15 is 0 Å². The van der Waals surface area contributed by atoms with Crippen molar-refractivity contribution >= 4 is 39.5 Å². The van der Waals surface area contributed by atoms with Crippen molar-refractivity contribution < 1.29 is 19.8 Å². The van der Waals surface area contributed by atoms with E-state index in [1.54, 1.807) is 0 Å². The smallest absolute Gasteiger partial charge is 0.347 e. The van der Waals surface area contributed by atoms with Crippen LogP contribution in [0.25, 0.3) is 0 Å². The van der Waals surface area contributed by atoms with Crippen LogP contribution in [-0.2, 0) is 9.59 Å². The summed E-state index contributed by atoms with van der Waals surface area (Å²) in [6, 6.07) is 0. The first-order chi connectivity index (χ1) is 3.89. The van der Waals surface area contributed by atoms with Gasteiger partial charge >= 0.3 is 11.9 Å². The van der Waals surface area contributed by atoms with Gasteiger partial charge in [0.1, 0.15) is 0 Å². The van der Waals surface area contributed by atoms with Crippen molar-refractivity contribution in [3.05, 3.63) is 0 Å². The molecule has 0 amide bonds. The maximum Gasteiger partial charge on any atom is 0.347 e. The zero-order valence-electron chi connectivity index (χ0n) is 3.97. The second-order valence-corrected chi connectivity index (χ2v) is 3.40. The largest absolute Gasteiger partial charge is 0.479 e. The first kappa shape index (κ1) is 8.71. The van der Waals surface area contributed by atoms with Gasteiger partial charge in [0.2, 0.25) is 0 Å². The van der Waals surface area contributed by atoms with Crippen LogP contribution in [0.2, 0.25) is 0 Å². The van der Waals surface area contributed by atoms with Crippen molar-refractivity contribution in [2.75, 3.05) is 0 Å². The molecule has 0 saturated carbocycles. The van der Waals surface area contributed by atoms with Gasteiger partial charge in [0, 0.05) is 0 Å². The average Bonchev–Trinajstić information content (AvgIpc) is 1.65. The molecule has 0 aromatic heterocycles. The predicted molar refractivity (Wildman–Crippen MR) is 32.8 cm³/mol. The maximum atomic E-state index is 9.90. The van der Waals surface area contributed by atoms with Gasteiger partial charge in [-0.25, -0.2) is 9.59 Å². The van der Waals surface area contributed by atoms with Crippen molar-refractivity contribution in [1.82, 2.24) is 0 Å². The van der Waals surface area contributed by atoms with Crippen LogP contribution in [0, 0.1) is 0 Å². The first-order valence-electron chi connectivity index (χ1n) is 1.73. The molecule has 0 rings (SSSR count). The number of hydrogen-bond acceptors (Lipinski definition) is 2. The summed E-state index contributed by atoms with van der Waals surface area (Å²) in [5.74, 6) is -3.28. The van der Waals surface area contributed by atoms with Gasteiger partial charge in [0.15, 0.2) is 0 Å². The molecule has 0 aliphatic rings. The van der Waals surface area contributed by atoms with E-state index in [1.807, 2.05) is 0 Å². The lowest BCUT2D eigenvalue weighted by molar-refractivity contribution is -0.147. The molecule has 9 heavy (non-hydrogen) atoms. The summed E-state index contributed by atoms with van der Waals surface area (Å²) in [7, 11) is 0. The molecular weight excluding hydrogens is 215 g/mol. The number of aliphatic carboxylic acids is 2. The molecule has 52 valence electrons. The van der Waals surface area contributed by atoms with E-state index in [4.69, 9.17) is 21.8 Å². The minimum absolute atomic E-state index is 1.64. The van der Waals surface area contributed by atoms with Gasteiger partial charge in [-0.3, -0.25) is 0 Å².